The van der Waals surface area contributed by atoms with Crippen LogP contribution in [0.4, 0.5) is 14.5 Å². The van der Waals surface area contributed by atoms with Crippen LogP contribution in [0.15, 0.2) is 42.5 Å². The van der Waals surface area contributed by atoms with Gasteiger partial charge in [-0.2, -0.15) is 5.26 Å². The summed E-state index contributed by atoms with van der Waals surface area (Å²) in [4.78, 5) is 0. The van der Waals surface area contributed by atoms with Gasteiger partial charge in [0, 0.05) is 6.04 Å². The molecule has 0 unspecified atom stereocenters. The van der Waals surface area contributed by atoms with Crippen LogP contribution in [0.25, 0.3) is 0 Å². The molecule has 4 heteroatoms. The largest absolute Gasteiger partial charge is 0.380 e. The standard InChI is InChI=1S/C17H14F2N2/c18-14-4-2-12(3-5-14)13-8-15(9-13)21-17-6-1-11(10-20)7-16(17)19/h1-7,13,15,21H,8-9H2. The maximum atomic E-state index is 13.8. The summed E-state index contributed by atoms with van der Waals surface area (Å²) in [6.45, 7) is 0. The molecule has 1 aliphatic rings. The van der Waals surface area contributed by atoms with Crippen LogP contribution >= 0.6 is 0 Å². The van der Waals surface area contributed by atoms with E-state index in [1.54, 1.807) is 24.3 Å². The molecule has 3 rings (SSSR count). The highest BCUT2D eigenvalue weighted by atomic mass is 19.1. The average Bonchev–Trinajstić information content (AvgIpc) is 2.45. The minimum absolute atomic E-state index is 0.211. The summed E-state index contributed by atoms with van der Waals surface area (Å²) in [5.41, 5.74) is 1.86. The lowest BCUT2D eigenvalue weighted by atomic mass is 9.76. The van der Waals surface area contributed by atoms with Gasteiger partial charge >= 0.3 is 0 Å². The first-order valence-electron chi connectivity index (χ1n) is 6.87. The first-order chi connectivity index (χ1) is 10.2. The number of hydrogen-bond acceptors (Lipinski definition) is 2. The minimum Gasteiger partial charge on any atom is -0.380 e. The Morgan fingerprint density at radius 1 is 1.05 bits per heavy atom. The molecule has 0 spiro atoms. The predicted octanol–water partition coefficient (Wildman–Crippen LogP) is 4.19. The van der Waals surface area contributed by atoms with Gasteiger partial charge in [0.15, 0.2) is 0 Å². The summed E-state index contributed by atoms with van der Waals surface area (Å²) in [7, 11) is 0. The molecule has 2 nitrogen and oxygen atoms in total. The van der Waals surface area contributed by atoms with Crippen molar-refractivity contribution < 1.29 is 8.78 Å². The maximum Gasteiger partial charge on any atom is 0.147 e. The summed E-state index contributed by atoms with van der Waals surface area (Å²) in [5.74, 6) is -0.240. The summed E-state index contributed by atoms with van der Waals surface area (Å²) < 4.78 is 26.6. The van der Waals surface area contributed by atoms with E-state index in [-0.39, 0.29) is 11.9 Å². The van der Waals surface area contributed by atoms with Crippen molar-refractivity contribution in [3.8, 4) is 6.07 Å². The maximum absolute atomic E-state index is 13.8. The normalized spacial score (nSPS) is 20.4. The van der Waals surface area contributed by atoms with Crippen molar-refractivity contribution in [1.29, 1.82) is 5.26 Å². The van der Waals surface area contributed by atoms with Crippen LogP contribution < -0.4 is 5.32 Å². The van der Waals surface area contributed by atoms with E-state index < -0.39 is 5.82 Å². The zero-order chi connectivity index (χ0) is 14.8. The van der Waals surface area contributed by atoms with E-state index in [2.05, 4.69) is 5.32 Å². The molecule has 0 amide bonds. The monoisotopic (exact) mass is 284 g/mol. The summed E-state index contributed by atoms with van der Waals surface area (Å²) in [6.07, 6.45) is 1.79. The van der Waals surface area contributed by atoms with Gasteiger partial charge in [0.05, 0.1) is 17.3 Å². The van der Waals surface area contributed by atoms with Crippen LogP contribution in [-0.2, 0) is 0 Å². The predicted molar refractivity (Wildman–Crippen MR) is 76.9 cm³/mol. The topological polar surface area (TPSA) is 35.8 Å². The Kier molecular flexibility index (Phi) is 3.57. The Bertz CT molecular complexity index is 683. The van der Waals surface area contributed by atoms with Gasteiger partial charge < -0.3 is 5.32 Å². The first kappa shape index (κ1) is 13.6. The zero-order valence-corrected chi connectivity index (χ0v) is 11.3. The van der Waals surface area contributed by atoms with Crippen LogP contribution in [-0.4, -0.2) is 6.04 Å². The number of benzene rings is 2. The number of hydrogen-bond donors (Lipinski definition) is 1. The number of rotatable bonds is 3. The molecule has 2 aromatic rings. The molecule has 0 heterocycles. The molecule has 0 bridgehead atoms. The average molecular weight is 284 g/mol. The van der Waals surface area contributed by atoms with Gasteiger partial charge in [0.25, 0.3) is 0 Å². The number of nitrogens with one attached hydrogen (secondary N) is 1. The Morgan fingerprint density at radius 2 is 1.76 bits per heavy atom. The lowest BCUT2D eigenvalue weighted by Gasteiger charge is -2.37. The van der Waals surface area contributed by atoms with Gasteiger partial charge in [-0.05, 0) is 54.7 Å². The van der Waals surface area contributed by atoms with Crippen LogP contribution in [0.2, 0.25) is 0 Å². The molecular weight excluding hydrogens is 270 g/mol. The molecule has 0 atom stereocenters. The number of anilines is 1. The van der Waals surface area contributed by atoms with Crippen molar-refractivity contribution >= 4 is 5.69 Å². The third kappa shape index (κ3) is 2.87. The highest BCUT2D eigenvalue weighted by molar-refractivity contribution is 5.50. The number of nitriles is 1. The molecular formula is C17H14F2N2. The molecule has 1 saturated carbocycles. The number of halogens is 2. The molecule has 1 N–H and O–H groups in total. The minimum atomic E-state index is -0.403. The fourth-order valence-corrected chi connectivity index (χ4v) is 2.66. The Morgan fingerprint density at radius 3 is 2.38 bits per heavy atom. The fraction of sp³-hybridized carbons (Fsp3) is 0.235. The van der Waals surface area contributed by atoms with E-state index in [4.69, 9.17) is 5.26 Å². The molecule has 0 radical (unpaired) electrons. The SMILES string of the molecule is N#Cc1ccc(NC2CC(c3ccc(F)cc3)C2)c(F)c1. The fourth-order valence-electron chi connectivity index (χ4n) is 2.66. The number of nitrogens with zero attached hydrogens (tertiary/aromatic N) is 1. The summed E-state index contributed by atoms with van der Waals surface area (Å²) in [6, 6.07) is 13.1. The third-order valence-corrected chi connectivity index (χ3v) is 3.94. The molecule has 2 aromatic carbocycles. The van der Waals surface area contributed by atoms with Gasteiger partial charge in [0.2, 0.25) is 0 Å². The van der Waals surface area contributed by atoms with Crippen molar-refractivity contribution in [2.45, 2.75) is 24.8 Å². The van der Waals surface area contributed by atoms with E-state index in [0.29, 0.717) is 17.2 Å². The van der Waals surface area contributed by atoms with E-state index in [1.807, 2.05) is 6.07 Å². The van der Waals surface area contributed by atoms with Crippen LogP contribution in [0.1, 0.15) is 29.9 Å². The van der Waals surface area contributed by atoms with E-state index in [0.717, 1.165) is 18.4 Å². The molecule has 0 saturated heterocycles. The van der Waals surface area contributed by atoms with Crippen molar-refractivity contribution in [3.63, 3.8) is 0 Å². The highest BCUT2D eigenvalue weighted by Gasteiger charge is 2.30. The van der Waals surface area contributed by atoms with Crippen LogP contribution in [0.3, 0.4) is 0 Å². The summed E-state index contributed by atoms with van der Waals surface area (Å²) >= 11 is 0. The molecule has 1 aliphatic carbocycles. The second kappa shape index (κ2) is 5.53. The third-order valence-electron chi connectivity index (χ3n) is 3.94. The van der Waals surface area contributed by atoms with Crippen molar-refractivity contribution in [3.05, 3.63) is 65.2 Å². The van der Waals surface area contributed by atoms with E-state index in [9.17, 15) is 8.78 Å². The van der Waals surface area contributed by atoms with Gasteiger partial charge in [0.1, 0.15) is 11.6 Å². The van der Waals surface area contributed by atoms with Gasteiger partial charge in [-0.25, -0.2) is 8.78 Å². The van der Waals surface area contributed by atoms with Gasteiger partial charge in [-0.3, -0.25) is 0 Å². The zero-order valence-electron chi connectivity index (χ0n) is 11.3. The Hall–Kier alpha value is -2.41. The molecule has 106 valence electrons. The molecule has 21 heavy (non-hydrogen) atoms. The second-order valence-electron chi connectivity index (χ2n) is 5.37. The van der Waals surface area contributed by atoms with Crippen LogP contribution in [0.5, 0.6) is 0 Å². The smallest absolute Gasteiger partial charge is 0.147 e. The molecule has 1 fully saturated rings. The molecule has 0 aliphatic heterocycles. The first-order valence-corrected chi connectivity index (χ1v) is 6.87. The Balaban J connectivity index is 1.60. The van der Waals surface area contributed by atoms with Crippen molar-refractivity contribution in [1.82, 2.24) is 0 Å². The van der Waals surface area contributed by atoms with E-state index >= 15 is 0 Å². The lowest BCUT2D eigenvalue weighted by molar-refractivity contribution is 0.372. The van der Waals surface area contributed by atoms with Crippen molar-refractivity contribution in [2.24, 2.45) is 0 Å². The lowest BCUT2D eigenvalue weighted by Crippen LogP contribution is -2.34. The Labute approximate surface area is 122 Å². The van der Waals surface area contributed by atoms with Crippen LogP contribution in [0, 0.1) is 23.0 Å². The highest BCUT2D eigenvalue weighted by Crippen LogP contribution is 2.38. The quantitative estimate of drug-likeness (QED) is 0.917. The van der Waals surface area contributed by atoms with Crippen molar-refractivity contribution in [2.75, 3.05) is 5.32 Å². The molecule has 0 aromatic heterocycles. The van der Waals surface area contributed by atoms with Gasteiger partial charge in [-0.1, -0.05) is 12.1 Å². The second-order valence-corrected chi connectivity index (χ2v) is 5.37. The van der Waals surface area contributed by atoms with Gasteiger partial charge in [-0.15, -0.1) is 0 Å². The van der Waals surface area contributed by atoms with E-state index in [1.165, 1.54) is 18.2 Å². The summed E-state index contributed by atoms with van der Waals surface area (Å²) in [5, 5.41) is 11.9.